The van der Waals surface area contributed by atoms with Crippen LogP contribution in [0.4, 0.5) is 5.69 Å². The van der Waals surface area contributed by atoms with Crippen molar-refractivity contribution in [2.24, 2.45) is 5.73 Å². The molecule has 0 aliphatic heterocycles. The van der Waals surface area contributed by atoms with E-state index in [9.17, 15) is 0 Å². The molecule has 124 valence electrons. The van der Waals surface area contributed by atoms with Crippen molar-refractivity contribution in [1.29, 1.82) is 0 Å². The Bertz CT molecular complexity index is 639. The number of aromatic nitrogens is 1. The molecule has 0 atom stereocenters. The second-order valence-electron chi connectivity index (χ2n) is 6.31. The van der Waals surface area contributed by atoms with E-state index in [1.54, 1.807) is 0 Å². The molecule has 1 aromatic carbocycles. The highest BCUT2D eigenvalue weighted by Gasteiger charge is 2.17. The van der Waals surface area contributed by atoms with Crippen LogP contribution in [0.1, 0.15) is 36.9 Å². The molecule has 1 heterocycles. The summed E-state index contributed by atoms with van der Waals surface area (Å²) in [5.74, 6) is 0. The summed E-state index contributed by atoms with van der Waals surface area (Å²) < 4.78 is 0. The number of anilines is 1. The van der Waals surface area contributed by atoms with Gasteiger partial charge in [-0.3, -0.25) is 4.98 Å². The fraction of sp³-hybridized carbons (Fsp3) is 0.526. The molecule has 2 aromatic rings. The van der Waals surface area contributed by atoms with Crippen LogP contribution in [0.15, 0.2) is 24.3 Å². The van der Waals surface area contributed by atoms with Crippen molar-refractivity contribution < 1.29 is 0 Å². The largest absolute Gasteiger partial charge is 0.384 e. The van der Waals surface area contributed by atoms with Gasteiger partial charge in [0.05, 0.1) is 5.52 Å². The standard InChI is InChI=1S/C19H28N4/c20-11-5-12-21-13-6-14-22-19-15-7-1-3-9-17(15)23-18-10-4-2-8-16(18)19/h1,3,7,9,21H,2,4-6,8,10-14,20H2,(H,22,23). The third-order valence-electron chi connectivity index (χ3n) is 4.56. The number of pyridine rings is 1. The minimum atomic E-state index is 0.764. The lowest BCUT2D eigenvalue weighted by Crippen LogP contribution is -2.21. The van der Waals surface area contributed by atoms with Crippen molar-refractivity contribution in [2.75, 3.05) is 31.5 Å². The zero-order valence-corrected chi connectivity index (χ0v) is 13.9. The Morgan fingerprint density at radius 1 is 1.00 bits per heavy atom. The van der Waals surface area contributed by atoms with Crippen molar-refractivity contribution >= 4 is 16.6 Å². The average molecular weight is 312 g/mol. The third kappa shape index (κ3) is 4.01. The number of para-hydroxylation sites is 1. The fourth-order valence-corrected chi connectivity index (χ4v) is 3.35. The maximum absolute atomic E-state index is 5.50. The SMILES string of the molecule is NCCCNCCCNc1c2c(nc3ccccc13)CCCC2. The second-order valence-corrected chi connectivity index (χ2v) is 6.31. The van der Waals surface area contributed by atoms with Crippen molar-refractivity contribution in [1.82, 2.24) is 10.3 Å². The molecule has 1 aromatic heterocycles. The zero-order valence-electron chi connectivity index (χ0n) is 13.9. The minimum absolute atomic E-state index is 0.764. The number of hydrogen-bond acceptors (Lipinski definition) is 4. The first-order chi connectivity index (χ1) is 11.4. The summed E-state index contributed by atoms with van der Waals surface area (Å²) in [6, 6.07) is 8.51. The van der Waals surface area contributed by atoms with E-state index >= 15 is 0 Å². The van der Waals surface area contributed by atoms with Gasteiger partial charge in [-0.15, -0.1) is 0 Å². The summed E-state index contributed by atoms with van der Waals surface area (Å²) in [6.45, 7) is 3.82. The van der Waals surface area contributed by atoms with Crippen LogP contribution < -0.4 is 16.4 Å². The molecule has 4 nitrogen and oxygen atoms in total. The summed E-state index contributed by atoms with van der Waals surface area (Å²) in [4.78, 5) is 4.89. The van der Waals surface area contributed by atoms with Gasteiger partial charge >= 0.3 is 0 Å². The van der Waals surface area contributed by atoms with Gasteiger partial charge in [0.15, 0.2) is 0 Å². The number of nitrogens with zero attached hydrogens (tertiary/aromatic N) is 1. The number of aryl methyl sites for hydroxylation is 1. The monoisotopic (exact) mass is 312 g/mol. The van der Waals surface area contributed by atoms with E-state index in [4.69, 9.17) is 10.7 Å². The maximum atomic E-state index is 5.50. The van der Waals surface area contributed by atoms with E-state index in [-0.39, 0.29) is 0 Å². The van der Waals surface area contributed by atoms with E-state index in [0.717, 1.165) is 57.4 Å². The number of benzene rings is 1. The molecule has 3 rings (SSSR count). The van der Waals surface area contributed by atoms with E-state index < -0.39 is 0 Å². The van der Waals surface area contributed by atoms with Gasteiger partial charge < -0.3 is 16.4 Å². The quantitative estimate of drug-likeness (QED) is 0.656. The first kappa shape index (κ1) is 16.2. The number of hydrogen-bond donors (Lipinski definition) is 3. The first-order valence-corrected chi connectivity index (χ1v) is 8.95. The second kappa shape index (κ2) is 8.27. The summed E-state index contributed by atoms with van der Waals surface area (Å²) in [5, 5.41) is 8.41. The van der Waals surface area contributed by atoms with E-state index in [1.165, 1.54) is 35.2 Å². The van der Waals surface area contributed by atoms with Crippen LogP contribution in [0.2, 0.25) is 0 Å². The number of fused-ring (bicyclic) bond motifs is 2. The molecule has 4 heteroatoms. The summed E-state index contributed by atoms with van der Waals surface area (Å²) in [5.41, 5.74) is 10.7. The summed E-state index contributed by atoms with van der Waals surface area (Å²) in [6.07, 6.45) is 7.00. The lowest BCUT2D eigenvalue weighted by atomic mass is 9.92. The normalized spacial score (nSPS) is 14.0. The van der Waals surface area contributed by atoms with Gasteiger partial charge in [-0.2, -0.15) is 0 Å². The molecule has 0 spiro atoms. The van der Waals surface area contributed by atoms with Gasteiger partial charge in [-0.25, -0.2) is 0 Å². The Kier molecular flexibility index (Phi) is 5.83. The van der Waals surface area contributed by atoms with Crippen LogP contribution in [0.25, 0.3) is 10.9 Å². The number of rotatable bonds is 8. The molecule has 0 bridgehead atoms. The Morgan fingerprint density at radius 3 is 2.74 bits per heavy atom. The third-order valence-corrected chi connectivity index (χ3v) is 4.56. The molecule has 23 heavy (non-hydrogen) atoms. The van der Waals surface area contributed by atoms with Crippen molar-refractivity contribution in [3.8, 4) is 0 Å². The predicted molar refractivity (Wildman–Crippen MR) is 98.0 cm³/mol. The first-order valence-electron chi connectivity index (χ1n) is 8.95. The van der Waals surface area contributed by atoms with Crippen LogP contribution >= 0.6 is 0 Å². The van der Waals surface area contributed by atoms with Gasteiger partial charge in [-0.05, 0) is 69.8 Å². The molecular formula is C19H28N4. The fourth-order valence-electron chi connectivity index (χ4n) is 3.35. The highest BCUT2D eigenvalue weighted by molar-refractivity contribution is 5.93. The highest BCUT2D eigenvalue weighted by atomic mass is 14.9. The van der Waals surface area contributed by atoms with Crippen LogP contribution in [0.3, 0.4) is 0 Å². The topological polar surface area (TPSA) is 63.0 Å². The Morgan fingerprint density at radius 2 is 1.83 bits per heavy atom. The Balaban J connectivity index is 1.69. The molecular weight excluding hydrogens is 284 g/mol. The van der Waals surface area contributed by atoms with E-state index in [0.29, 0.717) is 0 Å². The lowest BCUT2D eigenvalue weighted by Gasteiger charge is -2.21. The van der Waals surface area contributed by atoms with Crippen molar-refractivity contribution in [3.63, 3.8) is 0 Å². The number of nitrogens with two attached hydrogens (primary N) is 1. The minimum Gasteiger partial charge on any atom is -0.384 e. The smallest absolute Gasteiger partial charge is 0.0726 e. The zero-order chi connectivity index (χ0) is 15.9. The molecule has 0 saturated carbocycles. The molecule has 0 unspecified atom stereocenters. The Hall–Kier alpha value is -1.65. The van der Waals surface area contributed by atoms with Crippen molar-refractivity contribution in [3.05, 3.63) is 35.5 Å². The van der Waals surface area contributed by atoms with Crippen LogP contribution in [-0.2, 0) is 12.8 Å². The molecule has 1 aliphatic carbocycles. The van der Waals surface area contributed by atoms with E-state index in [2.05, 4.69) is 34.9 Å². The van der Waals surface area contributed by atoms with Gasteiger partial charge in [0.1, 0.15) is 0 Å². The van der Waals surface area contributed by atoms with Gasteiger partial charge in [0.25, 0.3) is 0 Å². The van der Waals surface area contributed by atoms with Gasteiger partial charge in [0, 0.05) is 23.3 Å². The highest BCUT2D eigenvalue weighted by Crippen LogP contribution is 2.33. The molecule has 0 fully saturated rings. The van der Waals surface area contributed by atoms with Crippen molar-refractivity contribution in [2.45, 2.75) is 38.5 Å². The van der Waals surface area contributed by atoms with Crippen LogP contribution in [0.5, 0.6) is 0 Å². The van der Waals surface area contributed by atoms with Gasteiger partial charge in [-0.1, -0.05) is 18.2 Å². The maximum Gasteiger partial charge on any atom is 0.0726 e. The summed E-state index contributed by atoms with van der Waals surface area (Å²) >= 11 is 0. The molecule has 0 amide bonds. The van der Waals surface area contributed by atoms with Gasteiger partial charge in [0.2, 0.25) is 0 Å². The molecule has 0 saturated heterocycles. The number of nitrogens with one attached hydrogen (secondary N) is 2. The van der Waals surface area contributed by atoms with E-state index in [1.807, 2.05) is 0 Å². The Labute approximate surface area is 138 Å². The predicted octanol–water partition coefficient (Wildman–Crippen LogP) is 2.85. The molecule has 4 N–H and O–H groups in total. The molecule has 0 radical (unpaired) electrons. The average Bonchev–Trinajstić information content (AvgIpc) is 2.60. The summed E-state index contributed by atoms with van der Waals surface area (Å²) in [7, 11) is 0. The molecule has 1 aliphatic rings. The lowest BCUT2D eigenvalue weighted by molar-refractivity contribution is 0.636. The van der Waals surface area contributed by atoms with Crippen LogP contribution in [0, 0.1) is 0 Å². The van der Waals surface area contributed by atoms with Crippen LogP contribution in [-0.4, -0.2) is 31.2 Å².